The molecule has 15 heavy (non-hydrogen) atoms. The van der Waals surface area contributed by atoms with Crippen LogP contribution in [-0.4, -0.2) is 62.4 Å². The summed E-state index contributed by atoms with van der Waals surface area (Å²) in [6.45, 7) is 4.38. The second-order valence-corrected chi connectivity index (χ2v) is 3.79. The molecule has 0 aliphatic carbocycles. The van der Waals surface area contributed by atoms with Crippen molar-refractivity contribution >= 4 is 0 Å². The summed E-state index contributed by atoms with van der Waals surface area (Å²) in [5, 5.41) is 21.2. The largest absolute Gasteiger partial charge is 0.393 e. The van der Waals surface area contributed by atoms with E-state index in [-0.39, 0.29) is 6.61 Å². The summed E-state index contributed by atoms with van der Waals surface area (Å²) in [5.74, 6) is 0. The standard InChI is InChI=1S/C10H23NO4/c1-10(13,9-12)8-11-4-7-15-6-3-5-14-2/h11-13H,3-9H2,1-2H3. The number of aliphatic hydroxyl groups excluding tert-OH is 1. The maximum absolute atomic E-state index is 9.43. The van der Waals surface area contributed by atoms with Gasteiger partial charge in [0.25, 0.3) is 0 Å². The molecule has 0 spiro atoms. The van der Waals surface area contributed by atoms with Crippen molar-refractivity contribution in [2.45, 2.75) is 18.9 Å². The lowest BCUT2D eigenvalue weighted by molar-refractivity contribution is 0.00129. The van der Waals surface area contributed by atoms with Crippen molar-refractivity contribution in [2.24, 2.45) is 0 Å². The van der Waals surface area contributed by atoms with Gasteiger partial charge < -0.3 is 25.0 Å². The fourth-order valence-electron chi connectivity index (χ4n) is 0.965. The van der Waals surface area contributed by atoms with Gasteiger partial charge in [0.05, 0.1) is 18.8 Å². The van der Waals surface area contributed by atoms with Crippen molar-refractivity contribution in [1.82, 2.24) is 5.32 Å². The molecule has 0 saturated carbocycles. The van der Waals surface area contributed by atoms with E-state index in [9.17, 15) is 5.11 Å². The number of hydrogen-bond acceptors (Lipinski definition) is 5. The molecule has 0 bridgehead atoms. The molecule has 0 aliphatic heterocycles. The van der Waals surface area contributed by atoms with Crippen LogP contribution < -0.4 is 5.32 Å². The van der Waals surface area contributed by atoms with Crippen molar-refractivity contribution in [3.8, 4) is 0 Å². The molecule has 0 fully saturated rings. The van der Waals surface area contributed by atoms with Crippen molar-refractivity contribution in [3.63, 3.8) is 0 Å². The molecule has 0 amide bonds. The summed E-state index contributed by atoms with van der Waals surface area (Å²) in [7, 11) is 1.67. The number of nitrogens with one attached hydrogen (secondary N) is 1. The highest BCUT2D eigenvalue weighted by Crippen LogP contribution is 1.97. The quantitative estimate of drug-likeness (QED) is 0.429. The molecule has 0 aromatic carbocycles. The number of methoxy groups -OCH3 is 1. The zero-order valence-corrected chi connectivity index (χ0v) is 9.66. The van der Waals surface area contributed by atoms with Gasteiger partial charge in [0.15, 0.2) is 0 Å². The maximum Gasteiger partial charge on any atom is 0.0972 e. The second-order valence-electron chi connectivity index (χ2n) is 3.79. The number of ether oxygens (including phenoxy) is 2. The van der Waals surface area contributed by atoms with Gasteiger partial charge in [-0.25, -0.2) is 0 Å². The van der Waals surface area contributed by atoms with E-state index in [2.05, 4.69) is 5.32 Å². The van der Waals surface area contributed by atoms with Gasteiger partial charge in [0.2, 0.25) is 0 Å². The minimum absolute atomic E-state index is 0.241. The Balaban J connectivity index is 3.11. The highest BCUT2D eigenvalue weighted by Gasteiger charge is 2.17. The predicted octanol–water partition coefficient (Wildman–Crippen LogP) is -0.628. The fraction of sp³-hybridized carbons (Fsp3) is 1.00. The molecule has 92 valence electrons. The smallest absolute Gasteiger partial charge is 0.0972 e. The highest BCUT2D eigenvalue weighted by molar-refractivity contribution is 4.73. The summed E-state index contributed by atoms with van der Waals surface area (Å²) >= 11 is 0. The van der Waals surface area contributed by atoms with Gasteiger partial charge >= 0.3 is 0 Å². The third kappa shape index (κ3) is 10.1. The minimum atomic E-state index is -1.05. The van der Waals surface area contributed by atoms with Gasteiger partial charge in [0, 0.05) is 33.4 Å². The lowest BCUT2D eigenvalue weighted by Gasteiger charge is -2.20. The van der Waals surface area contributed by atoms with Gasteiger partial charge in [-0.05, 0) is 13.3 Å². The normalized spacial score (nSPS) is 15.2. The van der Waals surface area contributed by atoms with Crippen LogP contribution in [0.15, 0.2) is 0 Å². The average Bonchev–Trinajstić information content (AvgIpc) is 2.22. The number of aliphatic hydroxyl groups is 2. The molecule has 0 saturated heterocycles. The molecule has 0 aromatic heterocycles. The van der Waals surface area contributed by atoms with E-state index in [1.807, 2.05) is 0 Å². The van der Waals surface area contributed by atoms with E-state index in [1.54, 1.807) is 14.0 Å². The third-order valence-corrected chi connectivity index (χ3v) is 1.91. The van der Waals surface area contributed by atoms with Crippen LogP contribution in [0.4, 0.5) is 0 Å². The van der Waals surface area contributed by atoms with Gasteiger partial charge in [-0.2, -0.15) is 0 Å². The average molecular weight is 221 g/mol. The first-order valence-electron chi connectivity index (χ1n) is 5.23. The van der Waals surface area contributed by atoms with E-state index in [0.717, 1.165) is 6.42 Å². The van der Waals surface area contributed by atoms with Crippen LogP contribution in [0.25, 0.3) is 0 Å². The molecule has 3 N–H and O–H groups in total. The third-order valence-electron chi connectivity index (χ3n) is 1.91. The second kappa shape index (κ2) is 9.06. The summed E-state index contributed by atoms with van der Waals surface area (Å²) in [6, 6.07) is 0. The summed E-state index contributed by atoms with van der Waals surface area (Å²) in [5.41, 5.74) is -1.05. The molecule has 1 atom stereocenters. The Morgan fingerprint density at radius 1 is 1.27 bits per heavy atom. The van der Waals surface area contributed by atoms with Crippen LogP contribution in [0.3, 0.4) is 0 Å². The molecule has 5 nitrogen and oxygen atoms in total. The van der Waals surface area contributed by atoms with Crippen molar-refractivity contribution < 1.29 is 19.7 Å². The van der Waals surface area contributed by atoms with Gasteiger partial charge in [-0.15, -0.1) is 0 Å². The molecule has 5 heteroatoms. The number of rotatable bonds is 10. The first-order valence-corrected chi connectivity index (χ1v) is 5.23. The first-order chi connectivity index (χ1) is 7.12. The predicted molar refractivity (Wildman–Crippen MR) is 57.9 cm³/mol. The topological polar surface area (TPSA) is 71.0 Å². The number of hydrogen-bond donors (Lipinski definition) is 3. The van der Waals surface area contributed by atoms with E-state index < -0.39 is 5.60 Å². The Kier molecular flexibility index (Phi) is 8.94. The van der Waals surface area contributed by atoms with Crippen LogP contribution in [0, 0.1) is 0 Å². The van der Waals surface area contributed by atoms with Crippen LogP contribution >= 0.6 is 0 Å². The SMILES string of the molecule is COCCCOCCNCC(C)(O)CO. The van der Waals surface area contributed by atoms with Gasteiger partial charge in [-0.3, -0.25) is 0 Å². The molecule has 0 aromatic rings. The Hall–Kier alpha value is -0.200. The van der Waals surface area contributed by atoms with Crippen LogP contribution in [0.5, 0.6) is 0 Å². The van der Waals surface area contributed by atoms with Crippen molar-refractivity contribution in [1.29, 1.82) is 0 Å². The van der Waals surface area contributed by atoms with E-state index in [0.29, 0.717) is 32.9 Å². The zero-order chi connectivity index (χ0) is 11.6. The summed E-state index contributed by atoms with van der Waals surface area (Å²) < 4.78 is 10.2. The molecule has 0 aliphatic rings. The van der Waals surface area contributed by atoms with Gasteiger partial charge in [-0.1, -0.05) is 0 Å². The Morgan fingerprint density at radius 2 is 2.00 bits per heavy atom. The Bertz CT molecular complexity index is 141. The van der Waals surface area contributed by atoms with Crippen molar-refractivity contribution in [2.75, 3.05) is 46.6 Å². The van der Waals surface area contributed by atoms with E-state index in [1.165, 1.54) is 0 Å². The monoisotopic (exact) mass is 221 g/mol. The molecule has 1 unspecified atom stereocenters. The molecule has 0 rings (SSSR count). The maximum atomic E-state index is 9.43. The first kappa shape index (κ1) is 14.8. The summed E-state index contributed by atoms with van der Waals surface area (Å²) in [4.78, 5) is 0. The molecular formula is C10H23NO4. The zero-order valence-electron chi connectivity index (χ0n) is 9.66. The lowest BCUT2D eigenvalue weighted by Crippen LogP contribution is -2.41. The van der Waals surface area contributed by atoms with E-state index >= 15 is 0 Å². The molecular weight excluding hydrogens is 198 g/mol. The molecule has 0 heterocycles. The molecule has 0 radical (unpaired) electrons. The van der Waals surface area contributed by atoms with Crippen LogP contribution in [-0.2, 0) is 9.47 Å². The van der Waals surface area contributed by atoms with Crippen LogP contribution in [0.1, 0.15) is 13.3 Å². The van der Waals surface area contributed by atoms with Gasteiger partial charge in [0.1, 0.15) is 0 Å². The van der Waals surface area contributed by atoms with Crippen molar-refractivity contribution in [3.05, 3.63) is 0 Å². The fourth-order valence-corrected chi connectivity index (χ4v) is 0.965. The van der Waals surface area contributed by atoms with E-state index in [4.69, 9.17) is 14.6 Å². The highest BCUT2D eigenvalue weighted by atomic mass is 16.5. The Morgan fingerprint density at radius 3 is 2.60 bits per heavy atom. The minimum Gasteiger partial charge on any atom is -0.393 e. The van der Waals surface area contributed by atoms with Crippen LogP contribution in [0.2, 0.25) is 0 Å². The Labute approximate surface area is 91.4 Å². The summed E-state index contributed by atoms with van der Waals surface area (Å²) in [6.07, 6.45) is 0.894. The lowest BCUT2D eigenvalue weighted by atomic mass is 10.1.